The fraction of sp³-hybridized carbons (Fsp3) is 1.00. The first-order valence-corrected chi connectivity index (χ1v) is 5.62. The number of unbranched alkanes of at least 4 members (excludes halogenated alkanes) is 3. The number of aliphatic hydroxyl groups excluding tert-OH is 4. The lowest BCUT2D eigenvalue weighted by atomic mass is 10.2. The van der Waals surface area contributed by atoms with Gasteiger partial charge in [0.25, 0.3) is 0 Å². The first kappa shape index (κ1) is 17.2. The summed E-state index contributed by atoms with van der Waals surface area (Å²) in [6.45, 7) is 3.89. The Kier molecular flexibility index (Phi) is 15.9. The third kappa shape index (κ3) is 24.8. The maximum atomic E-state index is 8.56. The van der Waals surface area contributed by atoms with Crippen LogP contribution in [0, 0.1) is 0 Å². The Bertz CT molecular complexity index is 92.8. The van der Waals surface area contributed by atoms with Gasteiger partial charge >= 0.3 is 0 Å². The summed E-state index contributed by atoms with van der Waals surface area (Å²) in [5.74, 6) is 0. The second-order valence-electron chi connectivity index (χ2n) is 3.80. The summed E-state index contributed by atoms with van der Waals surface area (Å²) in [6.07, 6.45) is 3.55. The van der Waals surface area contributed by atoms with Gasteiger partial charge in [-0.25, -0.2) is 0 Å². The lowest BCUT2D eigenvalue weighted by Gasteiger charge is -2.04. The van der Waals surface area contributed by atoms with Gasteiger partial charge in [-0.15, -0.1) is 0 Å². The number of hydrogen-bond donors (Lipinski definition) is 4. The molecule has 0 aliphatic rings. The molecule has 0 aromatic rings. The Balaban J connectivity index is 0. The summed E-state index contributed by atoms with van der Waals surface area (Å²) < 4.78 is 0. The molecule has 94 valence electrons. The molecule has 4 N–H and O–H groups in total. The highest BCUT2D eigenvalue weighted by atomic mass is 16.3. The van der Waals surface area contributed by atoms with E-state index in [1.165, 1.54) is 0 Å². The van der Waals surface area contributed by atoms with E-state index in [0.717, 1.165) is 25.7 Å². The molecule has 0 saturated carbocycles. The van der Waals surface area contributed by atoms with Crippen LogP contribution in [-0.2, 0) is 0 Å². The molecule has 4 heteroatoms. The van der Waals surface area contributed by atoms with Crippen LogP contribution in [0.2, 0.25) is 0 Å². The summed E-state index contributed by atoms with van der Waals surface area (Å²) in [7, 11) is 0. The smallest absolute Gasteiger partial charge is 0.0536 e. The van der Waals surface area contributed by atoms with Crippen molar-refractivity contribution in [3.63, 3.8) is 0 Å². The van der Waals surface area contributed by atoms with E-state index in [9.17, 15) is 0 Å². The zero-order chi connectivity index (χ0) is 12.1. The highest BCUT2D eigenvalue weighted by molar-refractivity contribution is 4.51. The van der Waals surface area contributed by atoms with Crippen molar-refractivity contribution in [3.8, 4) is 0 Å². The van der Waals surface area contributed by atoms with Crippen molar-refractivity contribution in [1.82, 2.24) is 0 Å². The van der Waals surface area contributed by atoms with E-state index in [2.05, 4.69) is 0 Å². The Hall–Kier alpha value is -0.160. The standard InChI is InChI=1S/C6H14O2.C5H12O2/c7-5-3-1-2-4-6-8;1-4(6)3-5(2)7/h7-8H,1-6H2;4-7H,3H2,1-2H3. The van der Waals surface area contributed by atoms with E-state index < -0.39 is 0 Å². The van der Waals surface area contributed by atoms with Crippen molar-refractivity contribution in [3.05, 3.63) is 0 Å². The van der Waals surface area contributed by atoms with Gasteiger partial charge in [0.15, 0.2) is 0 Å². The minimum atomic E-state index is -0.375. The Labute approximate surface area is 92.6 Å². The van der Waals surface area contributed by atoms with Crippen LogP contribution in [0.25, 0.3) is 0 Å². The fourth-order valence-corrected chi connectivity index (χ4v) is 1.07. The second kappa shape index (κ2) is 13.8. The van der Waals surface area contributed by atoms with E-state index in [1.807, 2.05) is 0 Å². The predicted octanol–water partition coefficient (Wildman–Crippen LogP) is 0.670. The van der Waals surface area contributed by atoms with Crippen LogP contribution in [0.5, 0.6) is 0 Å². The summed E-state index contributed by atoms with van der Waals surface area (Å²) >= 11 is 0. The molecule has 0 aromatic heterocycles. The Morgan fingerprint density at radius 3 is 1.20 bits per heavy atom. The van der Waals surface area contributed by atoms with Crippen LogP contribution in [0.3, 0.4) is 0 Å². The van der Waals surface area contributed by atoms with Crippen LogP contribution in [-0.4, -0.2) is 45.8 Å². The van der Waals surface area contributed by atoms with E-state index in [0.29, 0.717) is 6.42 Å². The first-order valence-electron chi connectivity index (χ1n) is 5.62. The summed E-state index contributed by atoms with van der Waals surface area (Å²) in [4.78, 5) is 0. The van der Waals surface area contributed by atoms with E-state index >= 15 is 0 Å². The Morgan fingerprint density at radius 2 is 1.07 bits per heavy atom. The van der Waals surface area contributed by atoms with Gasteiger partial charge in [0.2, 0.25) is 0 Å². The molecule has 0 aromatic carbocycles. The van der Waals surface area contributed by atoms with Crippen molar-refractivity contribution in [2.75, 3.05) is 13.2 Å². The topological polar surface area (TPSA) is 80.9 Å². The normalized spacial score (nSPS) is 14.0. The SMILES string of the molecule is CC(O)CC(C)O.OCCCCCCO. The van der Waals surface area contributed by atoms with Crippen LogP contribution in [0.1, 0.15) is 46.0 Å². The molecule has 0 heterocycles. The molecule has 2 atom stereocenters. The van der Waals surface area contributed by atoms with Crippen LogP contribution in [0.4, 0.5) is 0 Å². The van der Waals surface area contributed by atoms with Crippen LogP contribution >= 0.6 is 0 Å². The fourth-order valence-electron chi connectivity index (χ4n) is 1.07. The molecule has 0 radical (unpaired) electrons. The molecule has 0 saturated heterocycles. The van der Waals surface area contributed by atoms with Crippen LogP contribution < -0.4 is 0 Å². The largest absolute Gasteiger partial charge is 0.396 e. The van der Waals surface area contributed by atoms with Gasteiger partial charge in [0.1, 0.15) is 0 Å². The highest BCUT2D eigenvalue weighted by Crippen LogP contribution is 1.96. The van der Waals surface area contributed by atoms with Gasteiger partial charge in [0.05, 0.1) is 12.2 Å². The second-order valence-corrected chi connectivity index (χ2v) is 3.80. The molecular formula is C11H26O4. The molecule has 0 spiro atoms. The molecule has 0 rings (SSSR count). The third-order valence-electron chi connectivity index (χ3n) is 1.75. The van der Waals surface area contributed by atoms with Gasteiger partial charge < -0.3 is 20.4 Å². The van der Waals surface area contributed by atoms with Crippen molar-refractivity contribution >= 4 is 0 Å². The molecule has 4 nitrogen and oxygen atoms in total. The number of aliphatic hydroxyl groups is 4. The molecule has 0 bridgehead atoms. The molecule has 15 heavy (non-hydrogen) atoms. The maximum Gasteiger partial charge on any atom is 0.0536 e. The van der Waals surface area contributed by atoms with Crippen molar-refractivity contribution in [1.29, 1.82) is 0 Å². The van der Waals surface area contributed by atoms with Gasteiger partial charge in [-0.2, -0.15) is 0 Å². The van der Waals surface area contributed by atoms with Gasteiger partial charge in [-0.05, 0) is 33.1 Å². The Morgan fingerprint density at radius 1 is 0.733 bits per heavy atom. The quantitative estimate of drug-likeness (QED) is 0.477. The van der Waals surface area contributed by atoms with Gasteiger partial charge in [-0.1, -0.05) is 12.8 Å². The third-order valence-corrected chi connectivity index (χ3v) is 1.75. The lowest BCUT2D eigenvalue weighted by Crippen LogP contribution is -2.10. The lowest BCUT2D eigenvalue weighted by molar-refractivity contribution is 0.102. The van der Waals surface area contributed by atoms with E-state index in [-0.39, 0.29) is 25.4 Å². The minimum absolute atomic E-state index is 0.283. The molecule has 0 aliphatic heterocycles. The maximum absolute atomic E-state index is 8.56. The first-order chi connectivity index (χ1) is 7.04. The van der Waals surface area contributed by atoms with Crippen molar-refractivity contribution in [2.45, 2.75) is 58.2 Å². The van der Waals surface area contributed by atoms with Gasteiger partial charge in [0, 0.05) is 13.2 Å². The molecular weight excluding hydrogens is 196 g/mol. The highest BCUT2D eigenvalue weighted by Gasteiger charge is 1.98. The average Bonchev–Trinajstić information content (AvgIpc) is 2.11. The minimum Gasteiger partial charge on any atom is -0.396 e. The van der Waals surface area contributed by atoms with Crippen LogP contribution in [0.15, 0.2) is 0 Å². The summed E-state index contributed by atoms with van der Waals surface area (Å²) in [5.41, 5.74) is 0. The summed E-state index contributed by atoms with van der Waals surface area (Å²) in [6, 6.07) is 0. The predicted molar refractivity (Wildman–Crippen MR) is 60.6 cm³/mol. The van der Waals surface area contributed by atoms with E-state index in [1.54, 1.807) is 13.8 Å². The number of hydrogen-bond acceptors (Lipinski definition) is 4. The van der Waals surface area contributed by atoms with Crippen molar-refractivity contribution < 1.29 is 20.4 Å². The number of rotatable bonds is 7. The molecule has 0 fully saturated rings. The van der Waals surface area contributed by atoms with Crippen molar-refractivity contribution in [2.24, 2.45) is 0 Å². The zero-order valence-electron chi connectivity index (χ0n) is 9.89. The van der Waals surface area contributed by atoms with Gasteiger partial charge in [-0.3, -0.25) is 0 Å². The molecule has 0 aliphatic carbocycles. The monoisotopic (exact) mass is 222 g/mol. The summed E-state index contributed by atoms with van der Waals surface area (Å²) in [5, 5.41) is 33.7. The zero-order valence-corrected chi connectivity index (χ0v) is 9.89. The molecule has 0 amide bonds. The van der Waals surface area contributed by atoms with E-state index in [4.69, 9.17) is 20.4 Å². The molecule has 2 unspecified atom stereocenters. The average molecular weight is 222 g/mol.